The first-order valence-corrected chi connectivity index (χ1v) is 5.60. The highest BCUT2D eigenvalue weighted by Crippen LogP contribution is 2.24. The molecule has 1 saturated heterocycles. The summed E-state index contributed by atoms with van der Waals surface area (Å²) in [4.78, 5) is 0. The van der Waals surface area contributed by atoms with Gasteiger partial charge in [-0.1, -0.05) is 38.1 Å². The van der Waals surface area contributed by atoms with Crippen LogP contribution in [0.15, 0.2) is 24.3 Å². The molecule has 1 nitrogen and oxygen atoms in total. The second kappa shape index (κ2) is 4.14. The lowest BCUT2D eigenvalue weighted by molar-refractivity contribution is 0.647. The number of rotatable bonds is 2. The van der Waals surface area contributed by atoms with Gasteiger partial charge in [0.05, 0.1) is 0 Å². The molecule has 0 amide bonds. The molecule has 0 bridgehead atoms. The van der Waals surface area contributed by atoms with E-state index in [1.54, 1.807) is 0 Å². The molecule has 76 valence electrons. The van der Waals surface area contributed by atoms with Crippen LogP contribution in [0.4, 0.5) is 0 Å². The van der Waals surface area contributed by atoms with E-state index in [1.807, 2.05) is 0 Å². The summed E-state index contributed by atoms with van der Waals surface area (Å²) in [5, 5.41) is 3.52. The summed E-state index contributed by atoms with van der Waals surface area (Å²) in [5.74, 6) is 0.639. The van der Waals surface area contributed by atoms with Crippen LogP contribution in [0.5, 0.6) is 0 Å². The van der Waals surface area contributed by atoms with E-state index in [0.29, 0.717) is 12.0 Å². The smallest absolute Gasteiger partial charge is 0.0320 e. The van der Waals surface area contributed by atoms with Crippen molar-refractivity contribution in [2.45, 2.75) is 38.6 Å². The quantitative estimate of drug-likeness (QED) is 0.753. The summed E-state index contributed by atoms with van der Waals surface area (Å²) < 4.78 is 0. The molecule has 1 aliphatic heterocycles. The average molecular weight is 189 g/mol. The fourth-order valence-corrected chi connectivity index (χ4v) is 2.08. The molecule has 1 fully saturated rings. The van der Waals surface area contributed by atoms with Crippen molar-refractivity contribution in [2.75, 3.05) is 6.54 Å². The molecule has 0 radical (unpaired) electrons. The van der Waals surface area contributed by atoms with Gasteiger partial charge in [-0.15, -0.1) is 0 Å². The third kappa shape index (κ3) is 1.98. The van der Waals surface area contributed by atoms with Crippen molar-refractivity contribution in [1.82, 2.24) is 5.32 Å². The van der Waals surface area contributed by atoms with Crippen molar-refractivity contribution in [1.29, 1.82) is 0 Å². The SMILES string of the molecule is CC(C)c1ccc([C@@H]2CCCN2)cc1. The molecule has 1 heterocycles. The molecule has 0 spiro atoms. The van der Waals surface area contributed by atoms with Crippen LogP contribution in [0.1, 0.15) is 49.8 Å². The van der Waals surface area contributed by atoms with Gasteiger partial charge >= 0.3 is 0 Å². The highest BCUT2D eigenvalue weighted by atomic mass is 14.9. The molecule has 1 aliphatic rings. The molecule has 1 aromatic rings. The van der Waals surface area contributed by atoms with Crippen molar-refractivity contribution >= 4 is 0 Å². The first-order valence-electron chi connectivity index (χ1n) is 5.60. The normalized spacial score (nSPS) is 21.8. The highest BCUT2D eigenvalue weighted by Gasteiger charge is 2.15. The Morgan fingerprint density at radius 2 is 1.93 bits per heavy atom. The standard InChI is InChI=1S/C13H19N/c1-10(2)11-5-7-12(8-6-11)13-4-3-9-14-13/h5-8,10,13-14H,3-4,9H2,1-2H3/t13-/m0/s1. The van der Waals surface area contributed by atoms with E-state index in [-0.39, 0.29) is 0 Å². The summed E-state index contributed by atoms with van der Waals surface area (Å²) in [7, 11) is 0. The van der Waals surface area contributed by atoms with E-state index in [4.69, 9.17) is 0 Å². The Hall–Kier alpha value is -0.820. The van der Waals surface area contributed by atoms with Gasteiger partial charge in [0.2, 0.25) is 0 Å². The second-order valence-corrected chi connectivity index (χ2v) is 4.47. The molecule has 1 atom stereocenters. The van der Waals surface area contributed by atoms with E-state index >= 15 is 0 Å². The van der Waals surface area contributed by atoms with Crippen molar-refractivity contribution in [3.05, 3.63) is 35.4 Å². The zero-order valence-corrected chi connectivity index (χ0v) is 9.09. The lowest BCUT2D eigenvalue weighted by atomic mass is 9.98. The third-order valence-electron chi connectivity index (χ3n) is 3.07. The first kappa shape index (κ1) is 9.72. The molecule has 0 saturated carbocycles. The minimum Gasteiger partial charge on any atom is -0.310 e. The van der Waals surface area contributed by atoms with Crippen LogP contribution in [0.25, 0.3) is 0 Å². The summed E-state index contributed by atoms with van der Waals surface area (Å²) in [5.41, 5.74) is 2.89. The maximum atomic E-state index is 3.52. The Morgan fingerprint density at radius 1 is 1.21 bits per heavy atom. The zero-order valence-electron chi connectivity index (χ0n) is 9.09. The van der Waals surface area contributed by atoms with Crippen molar-refractivity contribution in [2.24, 2.45) is 0 Å². The largest absolute Gasteiger partial charge is 0.310 e. The molecule has 1 aromatic carbocycles. The summed E-state index contributed by atoms with van der Waals surface area (Å²) in [6, 6.07) is 9.69. The third-order valence-corrected chi connectivity index (χ3v) is 3.07. The van der Waals surface area contributed by atoms with E-state index in [0.717, 1.165) is 0 Å². The highest BCUT2D eigenvalue weighted by molar-refractivity contribution is 5.27. The first-order chi connectivity index (χ1) is 6.77. The lowest BCUT2D eigenvalue weighted by Gasteiger charge is -2.12. The summed E-state index contributed by atoms with van der Waals surface area (Å²) in [6.45, 7) is 5.66. The molecule has 0 unspecified atom stereocenters. The topological polar surface area (TPSA) is 12.0 Å². The minimum atomic E-state index is 0.608. The van der Waals surface area contributed by atoms with Gasteiger partial charge in [-0.05, 0) is 36.4 Å². The number of hydrogen-bond donors (Lipinski definition) is 1. The number of nitrogens with one attached hydrogen (secondary N) is 1. The fourth-order valence-electron chi connectivity index (χ4n) is 2.08. The van der Waals surface area contributed by atoms with Crippen LogP contribution in [0.2, 0.25) is 0 Å². The Kier molecular flexibility index (Phi) is 2.87. The van der Waals surface area contributed by atoms with E-state index < -0.39 is 0 Å². The monoisotopic (exact) mass is 189 g/mol. The maximum absolute atomic E-state index is 3.52. The molecule has 0 aliphatic carbocycles. The van der Waals surface area contributed by atoms with Crippen LogP contribution in [-0.2, 0) is 0 Å². The molecular formula is C13H19N. The van der Waals surface area contributed by atoms with E-state index in [2.05, 4.69) is 43.4 Å². The molecule has 14 heavy (non-hydrogen) atoms. The van der Waals surface area contributed by atoms with Gasteiger partial charge in [-0.25, -0.2) is 0 Å². The number of hydrogen-bond acceptors (Lipinski definition) is 1. The Bertz CT molecular complexity index is 281. The predicted octanol–water partition coefficient (Wildman–Crippen LogP) is 3.23. The Morgan fingerprint density at radius 3 is 2.43 bits per heavy atom. The van der Waals surface area contributed by atoms with Gasteiger partial charge < -0.3 is 5.32 Å². The second-order valence-electron chi connectivity index (χ2n) is 4.47. The molecule has 2 rings (SSSR count). The van der Waals surface area contributed by atoms with Gasteiger partial charge in [0.25, 0.3) is 0 Å². The molecule has 1 N–H and O–H groups in total. The molecular weight excluding hydrogens is 170 g/mol. The van der Waals surface area contributed by atoms with Crippen LogP contribution >= 0.6 is 0 Å². The van der Waals surface area contributed by atoms with Crippen molar-refractivity contribution in [3.63, 3.8) is 0 Å². The summed E-state index contributed by atoms with van der Waals surface area (Å²) in [6.07, 6.45) is 2.61. The Balaban J connectivity index is 2.12. The maximum Gasteiger partial charge on any atom is 0.0320 e. The van der Waals surface area contributed by atoms with Crippen molar-refractivity contribution in [3.8, 4) is 0 Å². The van der Waals surface area contributed by atoms with Gasteiger partial charge in [-0.2, -0.15) is 0 Å². The van der Waals surface area contributed by atoms with Gasteiger partial charge in [0.15, 0.2) is 0 Å². The van der Waals surface area contributed by atoms with Crippen LogP contribution in [0.3, 0.4) is 0 Å². The van der Waals surface area contributed by atoms with Gasteiger partial charge in [0.1, 0.15) is 0 Å². The van der Waals surface area contributed by atoms with Crippen LogP contribution in [0, 0.1) is 0 Å². The van der Waals surface area contributed by atoms with E-state index in [9.17, 15) is 0 Å². The lowest BCUT2D eigenvalue weighted by Crippen LogP contribution is -2.12. The number of benzene rings is 1. The van der Waals surface area contributed by atoms with Gasteiger partial charge in [0, 0.05) is 6.04 Å². The fraction of sp³-hybridized carbons (Fsp3) is 0.538. The van der Waals surface area contributed by atoms with Crippen molar-refractivity contribution < 1.29 is 0 Å². The summed E-state index contributed by atoms with van der Waals surface area (Å²) >= 11 is 0. The predicted molar refractivity (Wildman–Crippen MR) is 60.5 cm³/mol. The molecule has 0 aromatic heterocycles. The zero-order chi connectivity index (χ0) is 9.97. The van der Waals surface area contributed by atoms with E-state index in [1.165, 1.54) is 30.5 Å². The average Bonchev–Trinajstić information content (AvgIpc) is 2.71. The Labute approximate surface area is 86.5 Å². The van der Waals surface area contributed by atoms with Crippen LogP contribution in [-0.4, -0.2) is 6.54 Å². The molecule has 1 heteroatoms. The van der Waals surface area contributed by atoms with Crippen LogP contribution < -0.4 is 5.32 Å². The minimum absolute atomic E-state index is 0.608. The van der Waals surface area contributed by atoms with Gasteiger partial charge in [-0.3, -0.25) is 0 Å².